The average Bonchev–Trinajstić information content (AvgIpc) is 2.54. The van der Waals surface area contributed by atoms with Crippen LogP contribution in [0.3, 0.4) is 0 Å². The first-order chi connectivity index (χ1) is 5.83. The van der Waals surface area contributed by atoms with Gasteiger partial charge in [0.05, 0.1) is 5.52 Å². The smallest absolute Gasteiger partial charge is 0.172 e. The van der Waals surface area contributed by atoms with Crippen LogP contribution in [0.1, 0.15) is 0 Å². The summed E-state index contributed by atoms with van der Waals surface area (Å²) in [5.41, 5.74) is 0.887. The maximum atomic E-state index is 5.81. The molecule has 0 saturated heterocycles. The van der Waals surface area contributed by atoms with Crippen LogP contribution in [-0.4, -0.2) is 22.2 Å². The number of hydrogen-bond acceptors (Lipinski definition) is 3. The lowest BCUT2D eigenvalue weighted by Gasteiger charge is -1.99. The summed E-state index contributed by atoms with van der Waals surface area (Å²) >= 11 is 5.81. The molecular weight excluding hydrogens is 176 g/mol. The van der Waals surface area contributed by atoms with Crippen molar-refractivity contribution >= 4 is 28.3 Å². The Labute approximate surface area is 73.9 Å². The predicted molar refractivity (Wildman–Crippen MR) is 48.4 cm³/mol. The lowest BCUT2D eigenvalue weighted by molar-refractivity contribution is 1.05. The molecule has 0 unspecified atom stereocenters. The number of halogens is 1. The minimum absolute atomic E-state index is 0.422. The van der Waals surface area contributed by atoms with Gasteiger partial charge < -0.3 is 10.3 Å². The molecule has 5 heteroatoms. The Morgan fingerprint density at radius 3 is 3.08 bits per heavy atom. The zero-order valence-electron chi connectivity index (χ0n) is 6.43. The summed E-state index contributed by atoms with van der Waals surface area (Å²) in [6.45, 7) is 0. The molecule has 2 rings (SSSR count). The maximum absolute atomic E-state index is 5.81. The highest BCUT2D eigenvalue weighted by Crippen LogP contribution is 2.23. The second-order valence-electron chi connectivity index (χ2n) is 2.36. The molecule has 0 atom stereocenters. The van der Waals surface area contributed by atoms with Crippen molar-refractivity contribution in [2.45, 2.75) is 0 Å². The Bertz CT molecular complexity index is 409. The van der Waals surface area contributed by atoms with E-state index in [1.54, 1.807) is 13.2 Å². The van der Waals surface area contributed by atoms with E-state index < -0.39 is 0 Å². The molecule has 2 aromatic heterocycles. The van der Waals surface area contributed by atoms with Gasteiger partial charge in [-0.05, 0) is 6.07 Å². The fourth-order valence-electron chi connectivity index (χ4n) is 1.11. The fraction of sp³-hybridized carbons (Fsp3) is 0.143. The normalized spacial score (nSPS) is 10.5. The SMILES string of the molecule is CNc1nnc(Cl)c2cc[nH]c12. The predicted octanol–water partition coefficient (Wildman–Crippen LogP) is 1.65. The molecule has 2 N–H and O–H groups in total. The Kier molecular flexibility index (Phi) is 1.62. The van der Waals surface area contributed by atoms with E-state index in [1.807, 2.05) is 6.07 Å². The van der Waals surface area contributed by atoms with Gasteiger partial charge in [0, 0.05) is 18.6 Å². The Morgan fingerprint density at radius 1 is 1.50 bits per heavy atom. The number of aromatic nitrogens is 3. The second-order valence-corrected chi connectivity index (χ2v) is 2.71. The Morgan fingerprint density at radius 2 is 2.33 bits per heavy atom. The van der Waals surface area contributed by atoms with E-state index in [4.69, 9.17) is 11.6 Å². The van der Waals surface area contributed by atoms with Gasteiger partial charge in [-0.3, -0.25) is 0 Å². The number of nitrogens with one attached hydrogen (secondary N) is 2. The van der Waals surface area contributed by atoms with Crippen LogP contribution < -0.4 is 5.32 Å². The van der Waals surface area contributed by atoms with Gasteiger partial charge in [0.15, 0.2) is 11.0 Å². The molecule has 0 aliphatic heterocycles. The van der Waals surface area contributed by atoms with Crippen molar-refractivity contribution in [2.24, 2.45) is 0 Å². The molecule has 0 fully saturated rings. The molecule has 4 nitrogen and oxygen atoms in total. The van der Waals surface area contributed by atoms with Crippen LogP contribution in [-0.2, 0) is 0 Å². The minimum Gasteiger partial charge on any atom is -0.370 e. The van der Waals surface area contributed by atoms with Crippen molar-refractivity contribution < 1.29 is 0 Å². The third-order valence-corrected chi connectivity index (χ3v) is 1.96. The summed E-state index contributed by atoms with van der Waals surface area (Å²) in [4.78, 5) is 3.03. The molecule has 0 aliphatic rings. The van der Waals surface area contributed by atoms with Gasteiger partial charge in [-0.15, -0.1) is 10.2 Å². The summed E-state index contributed by atoms with van der Waals surface area (Å²) < 4.78 is 0. The molecule has 62 valence electrons. The number of hydrogen-bond donors (Lipinski definition) is 2. The lowest BCUT2D eigenvalue weighted by Crippen LogP contribution is -1.95. The van der Waals surface area contributed by atoms with Crippen molar-refractivity contribution in [1.29, 1.82) is 0 Å². The van der Waals surface area contributed by atoms with Crippen molar-refractivity contribution in [3.63, 3.8) is 0 Å². The highest BCUT2D eigenvalue weighted by atomic mass is 35.5. The molecule has 0 amide bonds. The summed E-state index contributed by atoms with van der Waals surface area (Å²) in [6, 6.07) is 1.87. The average molecular weight is 183 g/mol. The van der Waals surface area contributed by atoms with Gasteiger partial charge in [-0.2, -0.15) is 0 Å². The van der Waals surface area contributed by atoms with Gasteiger partial charge in [-0.25, -0.2) is 0 Å². The van der Waals surface area contributed by atoms with Crippen LogP contribution in [0.2, 0.25) is 5.15 Å². The van der Waals surface area contributed by atoms with Crippen molar-refractivity contribution in [1.82, 2.24) is 15.2 Å². The zero-order valence-corrected chi connectivity index (χ0v) is 7.18. The number of fused-ring (bicyclic) bond motifs is 1. The molecule has 0 radical (unpaired) electrons. The van der Waals surface area contributed by atoms with Gasteiger partial charge in [0.25, 0.3) is 0 Å². The van der Waals surface area contributed by atoms with Gasteiger partial charge in [0.1, 0.15) is 0 Å². The van der Waals surface area contributed by atoms with Gasteiger partial charge in [0.2, 0.25) is 0 Å². The van der Waals surface area contributed by atoms with E-state index in [0.717, 1.165) is 10.9 Å². The summed E-state index contributed by atoms with van der Waals surface area (Å²) in [6.07, 6.45) is 1.81. The first-order valence-corrected chi connectivity index (χ1v) is 3.87. The monoisotopic (exact) mass is 182 g/mol. The van der Waals surface area contributed by atoms with Gasteiger partial charge >= 0.3 is 0 Å². The molecular formula is C7H7ClN4. The number of H-pyrrole nitrogens is 1. The highest BCUT2D eigenvalue weighted by molar-refractivity contribution is 6.34. The van der Waals surface area contributed by atoms with Crippen LogP contribution in [0.5, 0.6) is 0 Å². The lowest BCUT2D eigenvalue weighted by atomic mass is 10.3. The van der Waals surface area contributed by atoms with E-state index in [-0.39, 0.29) is 0 Å². The van der Waals surface area contributed by atoms with E-state index in [0.29, 0.717) is 11.0 Å². The molecule has 0 aliphatic carbocycles. The summed E-state index contributed by atoms with van der Waals surface area (Å²) in [5, 5.41) is 11.9. The Hall–Kier alpha value is -1.29. The standard InChI is InChI=1S/C7H7ClN4/c1-9-7-5-4(2-3-10-5)6(8)11-12-7/h2-3,10H,1H3,(H,9,12). The minimum atomic E-state index is 0.422. The van der Waals surface area contributed by atoms with Crippen LogP contribution >= 0.6 is 11.6 Å². The van der Waals surface area contributed by atoms with Crippen molar-refractivity contribution in [2.75, 3.05) is 12.4 Å². The quantitative estimate of drug-likeness (QED) is 0.705. The third-order valence-electron chi connectivity index (χ3n) is 1.68. The van der Waals surface area contributed by atoms with Crippen LogP contribution in [0.25, 0.3) is 10.9 Å². The number of anilines is 1. The number of rotatable bonds is 1. The summed E-state index contributed by atoms with van der Waals surface area (Å²) in [5.74, 6) is 0.708. The molecule has 0 aromatic carbocycles. The maximum Gasteiger partial charge on any atom is 0.172 e. The van der Waals surface area contributed by atoms with Gasteiger partial charge in [-0.1, -0.05) is 11.6 Å². The molecule has 0 saturated carbocycles. The molecule has 12 heavy (non-hydrogen) atoms. The zero-order chi connectivity index (χ0) is 8.55. The van der Waals surface area contributed by atoms with E-state index >= 15 is 0 Å². The summed E-state index contributed by atoms with van der Waals surface area (Å²) in [7, 11) is 1.79. The molecule has 2 aromatic rings. The molecule has 0 spiro atoms. The van der Waals surface area contributed by atoms with Crippen molar-refractivity contribution in [3.05, 3.63) is 17.4 Å². The second kappa shape index (κ2) is 2.64. The fourth-order valence-corrected chi connectivity index (χ4v) is 1.31. The number of nitrogens with zero attached hydrogens (tertiary/aromatic N) is 2. The molecule has 0 bridgehead atoms. The molecule has 2 heterocycles. The van der Waals surface area contributed by atoms with Crippen LogP contribution in [0.15, 0.2) is 12.3 Å². The van der Waals surface area contributed by atoms with Crippen LogP contribution in [0, 0.1) is 0 Å². The highest BCUT2D eigenvalue weighted by Gasteiger charge is 2.06. The van der Waals surface area contributed by atoms with Crippen LogP contribution in [0.4, 0.5) is 5.82 Å². The van der Waals surface area contributed by atoms with E-state index in [2.05, 4.69) is 20.5 Å². The van der Waals surface area contributed by atoms with Crippen molar-refractivity contribution in [3.8, 4) is 0 Å². The third kappa shape index (κ3) is 0.921. The van der Waals surface area contributed by atoms with E-state index in [9.17, 15) is 0 Å². The largest absolute Gasteiger partial charge is 0.370 e. The van der Waals surface area contributed by atoms with E-state index in [1.165, 1.54) is 0 Å². The Balaban J connectivity index is 2.82. The first kappa shape index (κ1) is 7.36. The first-order valence-electron chi connectivity index (χ1n) is 3.50. The number of aromatic amines is 1. The topological polar surface area (TPSA) is 53.6 Å².